The van der Waals surface area contributed by atoms with Crippen LogP contribution < -0.4 is 0 Å². The number of phenolic OH excluding ortho intramolecular Hbond substituents is 1. The van der Waals surface area contributed by atoms with Crippen molar-refractivity contribution in [2.75, 3.05) is 13.1 Å². The highest BCUT2D eigenvalue weighted by molar-refractivity contribution is 7.91. The molecule has 3 rings (SSSR count). The Morgan fingerprint density at radius 2 is 1.56 bits per heavy atom. The van der Waals surface area contributed by atoms with Crippen LogP contribution in [0.5, 0.6) is 5.75 Å². The van der Waals surface area contributed by atoms with E-state index in [9.17, 15) is 18.3 Å². The lowest BCUT2D eigenvalue weighted by Crippen LogP contribution is -2.23. The predicted molar refractivity (Wildman–Crippen MR) is 138 cm³/mol. The van der Waals surface area contributed by atoms with Crippen LogP contribution in [0.4, 0.5) is 0 Å². The first-order chi connectivity index (χ1) is 15.8. The molecule has 3 aromatic carbocycles. The first kappa shape index (κ1) is 27.6. The number of halogens is 1. The number of sulfone groups is 1. The number of hydrogen-bond acceptors (Lipinski definition) is 5. The molecule has 1 N–H and O–H groups in total. The lowest BCUT2D eigenvalue weighted by molar-refractivity contribution is 0.0980. The van der Waals surface area contributed by atoms with Gasteiger partial charge in [-0.15, -0.1) is 12.4 Å². The zero-order valence-electron chi connectivity index (χ0n) is 19.8. The fraction of sp³-hybridized carbons (Fsp3) is 0.296. The van der Waals surface area contributed by atoms with Crippen molar-refractivity contribution in [3.8, 4) is 5.75 Å². The highest BCUT2D eigenvalue weighted by atomic mass is 35.5. The number of hydrogen-bond donors (Lipinski definition) is 1. The molecule has 182 valence electrons. The van der Waals surface area contributed by atoms with E-state index in [0.29, 0.717) is 23.2 Å². The molecule has 0 spiro atoms. The quantitative estimate of drug-likeness (QED) is 0.358. The second-order valence-electron chi connectivity index (χ2n) is 8.19. The number of Topliss-reactive ketones (excluding diaryl/α,β-unsaturated/α-hetero) is 1. The second kappa shape index (κ2) is 12.2. The highest BCUT2D eigenvalue weighted by Crippen LogP contribution is 2.35. The number of carbonyl (C=O) groups is 1. The van der Waals surface area contributed by atoms with E-state index in [4.69, 9.17) is 0 Å². The Morgan fingerprint density at radius 3 is 2.15 bits per heavy atom. The maximum atomic E-state index is 13.7. The van der Waals surface area contributed by atoms with Crippen molar-refractivity contribution in [1.29, 1.82) is 0 Å². The van der Waals surface area contributed by atoms with Crippen LogP contribution in [0.3, 0.4) is 0 Å². The van der Waals surface area contributed by atoms with Gasteiger partial charge in [-0.3, -0.25) is 9.69 Å². The summed E-state index contributed by atoms with van der Waals surface area (Å²) >= 11 is 0. The van der Waals surface area contributed by atoms with E-state index in [0.717, 1.165) is 18.7 Å². The molecule has 0 aliphatic rings. The van der Waals surface area contributed by atoms with Crippen LogP contribution in [-0.4, -0.2) is 37.3 Å². The van der Waals surface area contributed by atoms with E-state index in [1.807, 2.05) is 26.8 Å². The minimum absolute atomic E-state index is 0. The summed E-state index contributed by atoms with van der Waals surface area (Å²) in [6, 6.07) is 20.3. The van der Waals surface area contributed by atoms with Crippen molar-refractivity contribution >= 4 is 28.0 Å². The topological polar surface area (TPSA) is 74.7 Å². The molecule has 1 unspecified atom stereocenters. The molecule has 0 amide bonds. The van der Waals surface area contributed by atoms with Crippen molar-refractivity contribution in [1.82, 2.24) is 4.90 Å². The van der Waals surface area contributed by atoms with Gasteiger partial charge in [0, 0.05) is 24.1 Å². The lowest BCUT2D eigenvalue weighted by atomic mass is 10.00. The smallest absolute Gasteiger partial charge is 0.185 e. The van der Waals surface area contributed by atoms with E-state index < -0.39 is 15.1 Å². The molecule has 0 aromatic heterocycles. The van der Waals surface area contributed by atoms with E-state index in [1.165, 1.54) is 6.07 Å². The largest absolute Gasteiger partial charge is 0.508 e. The normalized spacial score (nSPS) is 12.2. The van der Waals surface area contributed by atoms with Crippen LogP contribution in [0.15, 0.2) is 77.7 Å². The second-order valence-corrected chi connectivity index (χ2v) is 10.3. The fourth-order valence-electron chi connectivity index (χ4n) is 3.83. The SMILES string of the molecule is CCN(CC)Cc1cc(C(CC(=O)c2ccccc2)S(=O)(=O)c2ccc(C)cc2)ccc1O.Cl. The van der Waals surface area contributed by atoms with Gasteiger partial charge in [0.15, 0.2) is 15.6 Å². The van der Waals surface area contributed by atoms with Gasteiger partial charge in [-0.2, -0.15) is 0 Å². The molecule has 0 bridgehead atoms. The summed E-state index contributed by atoms with van der Waals surface area (Å²) in [5.41, 5.74) is 2.58. The van der Waals surface area contributed by atoms with Crippen LogP contribution in [-0.2, 0) is 16.4 Å². The standard InChI is InChI=1S/C27H31NO4S.ClH/c1-4-28(5-2)19-23-17-22(13-16-25(23)29)27(18-26(30)21-9-7-6-8-10-21)33(31,32)24-14-11-20(3)12-15-24;/h6-17,27,29H,4-5,18-19H2,1-3H3;1H. The first-order valence-electron chi connectivity index (χ1n) is 11.2. The average Bonchev–Trinajstić information content (AvgIpc) is 2.82. The Balaban J connectivity index is 0.00000408. The summed E-state index contributed by atoms with van der Waals surface area (Å²) < 4.78 is 27.4. The Kier molecular flexibility index (Phi) is 9.86. The zero-order chi connectivity index (χ0) is 24.0. The zero-order valence-corrected chi connectivity index (χ0v) is 21.4. The molecule has 0 radical (unpaired) electrons. The number of ketones is 1. The van der Waals surface area contributed by atoms with Crippen molar-refractivity contribution < 1.29 is 18.3 Å². The van der Waals surface area contributed by atoms with Crippen molar-refractivity contribution in [3.63, 3.8) is 0 Å². The molecule has 0 saturated heterocycles. The van der Waals surface area contributed by atoms with Crippen LogP contribution in [0.25, 0.3) is 0 Å². The number of aryl methyl sites for hydroxylation is 1. The average molecular weight is 502 g/mol. The summed E-state index contributed by atoms with van der Waals surface area (Å²) in [5.74, 6) is -0.124. The molecule has 0 aliphatic carbocycles. The number of aromatic hydroxyl groups is 1. The molecule has 3 aromatic rings. The predicted octanol–water partition coefficient (Wildman–Crippen LogP) is 5.75. The summed E-state index contributed by atoms with van der Waals surface area (Å²) in [6.07, 6.45) is -0.185. The summed E-state index contributed by atoms with van der Waals surface area (Å²) in [5, 5.41) is 9.36. The van der Waals surface area contributed by atoms with Gasteiger partial charge in [-0.1, -0.05) is 67.9 Å². The van der Waals surface area contributed by atoms with Crippen LogP contribution in [0, 0.1) is 6.92 Å². The van der Waals surface area contributed by atoms with Gasteiger partial charge < -0.3 is 5.11 Å². The Bertz CT molecular complexity index is 1190. The highest BCUT2D eigenvalue weighted by Gasteiger charge is 2.32. The van der Waals surface area contributed by atoms with Gasteiger partial charge in [0.25, 0.3) is 0 Å². The number of benzene rings is 3. The van der Waals surface area contributed by atoms with Crippen LogP contribution in [0.1, 0.15) is 52.6 Å². The van der Waals surface area contributed by atoms with Gasteiger partial charge in [0.2, 0.25) is 0 Å². The molecule has 0 saturated carbocycles. The maximum absolute atomic E-state index is 13.7. The molecular weight excluding hydrogens is 470 g/mol. The number of phenols is 1. The Labute approximate surface area is 208 Å². The van der Waals surface area contributed by atoms with E-state index in [2.05, 4.69) is 4.90 Å². The maximum Gasteiger partial charge on any atom is 0.185 e. The molecule has 34 heavy (non-hydrogen) atoms. The van der Waals surface area contributed by atoms with Crippen molar-refractivity contribution in [2.24, 2.45) is 0 Å². The van der Waals surface area contributed by atoms with E-state index in [-0.39, 0.29) is 35.3 Å². The van der Waals surface area contributed by atoms with Crippen LogP contribution >= 0.6 is 12.4 Å². The third-order valence-electron chi connectivity index (χ3n) is 5.95. The minimum atomic E-state index is -3.86. The van der Waals surface area contributed by atoms with E-state index in [1.54, 1.807) is 60.7 Å². The summed E-state index contributed by atoms with van der Waals surface area (Å²) in [6.45, 7) is 8.07. The van der Waals surface area contributed by atoms with Gasteiger partial charge in [-0.25, -0.2) is 8.42 Å². The molecule has 0 fully saturated rings. The third-order valence-corrected chi connectivity index (χ3v) is 8.07. The molecule has 7 heteroatoms. The monoisotopic (exact) mass is 501 g/mol. The van der Waals surface area contributed by atoms with Crippen LogP contribution in [0.2, 0.25) is 0 Å². The third kappa shape index (κ3) is 6.47. The lowest BCUT2D eigenvalue weighted by Gasteiger charge is -2.22. The minimum Gasteiger partial charge on any atom is -0.508 e. The number of rotatable bonds is 10. The first-order valence-corrected chi connectivity index (χ1v) is 12.7. The summed E-state index contributed by atoms with van der Waals surface area (Å²) in [7, 11) is -3.86. The van der Waals surface area contributed by atoms with Crippen molar-refractivity contribution in [2.45, 2.75) is 43.9 Å². The molecule has 1 atom stereocenters. The molecule has 0 heterocycles. The van der Waals surface area contributed by atoms with Gasteiger partial charge in [0.1, 0.15) is 5.75 Å². The van der Waals surface area contributed by atoms with Gasteiger partial charge in [0.05, 0.1) is 10.1 Å². The van der Waals surface area contributed by atoms with Gasteiger partial charge >= 0.3 is 0 Å². The Morgan fingerprint density at radius 1 is 0.941 bits per heavy atom. The fourth-order valence-corrected chi connectivity index (χ4v) is 5.55. The number of carbonyl (C=O) groups excluding carboxylic acids is 1. The molecular formula is C27H32ClNO4S. The van der Waals surface area contributed by atoms with Gasteiger partial charge in [-0.05, 0) is 49.8 Å². The Hall–Kier alpha value is -2.67. The van der Waals surface area contributed by atoms with E-state index >= 15 is 0 Å². The summed E-state index contributed by atoms with van der Waals surface area (Å²) in [4.78, 5) is 15.4. The number of nitrogens with zero attached hydrogens (tertiary/aromatic N) is 1. The molecule has 0 aliphatic heterocycles. The van der Waals surface area contributed by atoms with Crippen molar-refractivity contribution in [3.05, 3.63) is 95.1 Å². The molecule has 5 nitrogen and oxygen atoms in total.